The second-order valence-electron chi connectivity index (χ2n) is 3.61. The van der Waals surface area contributed by atoms with Gasteiger partial charge in [0, 0.05) is 10.9 Å². The van der Waals surface area contributed by atoms with Crippen LogP contribution >= 0.6 is 31.9 Å². The first kappa shape index (κ1) is 12.8. The zero-order valence-corrected chi connectivity index (χ0v) is 11.8. The Balaban J connectivity index is 2.76. The van der Waals surface area contributed by atoms with Gasteiger partial charge < -0.3 is 9.73 Å². The van der Waals surface area contributed by atoms with Gasteiger partial charge in [-0.1, -0.05) is 22.9 Å². The highest BCUT2D eigenvalue weighted by molar-refractivity contribution is 9.10. The Hall–Kier alpha value is -0.290. The topological polar surface area (TPSA) is 42.2 Å². The molecule has 0 fully saturated rings. The predicted molar refractivity (Wildman–Crippen MR) is 66.4 cm³/mol. The summed E-state index contributed by atoms with van der Waals surface area (Å²) in [7, 11) is 0. The third-order valence-corrected chi connectivity index (χ3v) is 4.20. The highest BCUT2D eigenvalue weighted by Crippen LogP contribution is 2.19. The molecule has 0 saturated carbocycles. The summed E-state index contributed by atoms with van der Waals surface area (Å²) < 4.78 is 5.48. The summed E-state index contributed by atoms with van der Waals surface area (Å²) in [6.07, 6.45) is 2.34. The molecule has 1 aromatic rings. The molecule has 15 heavy (non-hydrogen) atoms. The van der Waals surface area contributed by atoms with E-state index < -0.39 is 0 Å². The van der Waals surface area contributed by atoms with Crippen molar-refractivity contribution in [2.45, 2.75) is 25.8 Å². The number of furan rings is 1. The quantitative estimate of drug-likeness (QED) is 0.855. The molecule has 5 heteroatoms. The Morgan fingerprint density at radius 3 is 2.73 bits per heavy atom. The molecule has 1 N–H and O–H groups in total. The number of amides is 1. The van der Waals surface area contributed by atoms with Crippen LogP contribution in [0, 0.1) is 0 Å². The van der Waals surface area contributed by atoms with Crippen LogP contribution in [-0.2, 0) is 0 Å². The SMILES string of the molecule is CCC(C)(CBr)NC(=O)c1ccoc1Br. The summed E-state index contributed by atoms with van der Waals surface area (Å²) in [6.45, 7) is 4.03. The van der Waals surface area contributed by atoms with Crippen molar-refractivity contribution in [2.24, 2.45) is 0 Å². The molecule has 1 atom stereocenters. The van der Waals surface area contributed by atoms with Crippen molar-refractivity contribution in [2.75, 3.05) is 5.33 Å². The van der Waals surface area contributed by atoms with E-state index >= 15 is 0 Å². The molecule has 0 bridgehead atoms. The molecule has 3 nitrogen and oxygen atoms in total. The number of hydrogen-bond acceptors (Lipinski definition) is 2. The Morgan fingerprint density at radius 2 is 2.33 bits per heavy atom. The monoisotopic (exact) mass is 337 g/mol. The molecule has 1 unspecified atom stereocenters. The molecule has 0 aliphatic carbocycles. The van der Waals surface area contributed by atoms with Gasteiger partial charge in [-0.3, -0.25) is 4.79 Å². The van der Waals surface area contributed by atoms with Crippen LogP contribution in [0.2, 0.25) is 0 Å². The zero-order chi connectivity index (χ0) is 11.5. The van der Waals surface area contributed by atoms with Gasteiger partial charge in [-0.05, 0) is 35.3 Å². The van der Waals surface area contributed by atoms with Crippen molar-refractivity contribution in [1.82, 2.24) is 5.32 Å². The summed E-state index contributed by atoms with van der Waals surface area (Å²) in [5.74, 6) is -0.126. The Bertz CT molecular complexity index is 345. The van der Waals surface area contributed by atoms with Gasteiger partial charge in [-0.15, -0.1) is 0 Å². The fourth-order valence-electron chi connectivity index (χ4n) is 1.01. The van der Waals surface area contributed by atoms with E-state index in [4.69, 9.17) is 4.42 Å². The molecule has 84 valence electrons. The lowest BCUT2D eigenvalue weighted by atomic mass is 10.0. The lowest BCUT2D eigenvalue weighted by Gasteiger charge is -2.27. The van der Waals surface area contributed by atoms with E-state index in [1.54, 1.807) is 6.07 Å². The largest absolute Gasteiger partial charge is 0.457 e. The molecule has 1 aromatic heterocycles. The molecule has 0 spiro atoms. The van der Waals surface area contributed by atoms with E-state index in [1.165, 1.54) is 6.26 Å². The van der Waals surface area contributed by atoms with E-state index in [2.05, 4.69) is 37.2 Å². The highest BCUT2D eigenvalue weighted by Gasteiger charge is 2.24. The lowest BCUT2D eigenvalue weighted by molar-refractivity contribution is 0.0911. The van der Waals surface area contributed by atoms with Gasteiger partial charge >= 0.3 is 0 Å². The van der Waals surface area contributed by atoms with Gasteiger partial charge in [0.15, 0.2) is 4.67 Å². The fraction of sp³-hybridized carbons (Fsp3) is 0.500. The van der Waals surface area contributed by atoms with Gasteiger partial charge in [-0.2, -0.15) is 0 Å². The van der Waals surface area contributed by atoms with Crippen LogP contribution in [0.15, 0.2) is 21.4 Å². The Kier molecular flexibility index (Phi) is 4.40. The third-order valence-electron chi connectivity index (χ3n) is 2.35. The number of carbonyl (C=O) groups is 1. The minimum Gasteiger partial charge on any atom is -0.457 e. The first-order valence-corrected chi connectivity index (χ1v) is 6.55. The minimum atomic E-state index is -0.228. The van der Waals surface area contributed by atoms with E-state index in [0.29, 0.717) is 10.2 Å². The predicted octanol–water partition coefficient (Wildman–Crippen LogP) is 3.34. The Labute approximate surface area is 106 Å². The van der Waals surface area contributed by atoms with Crippen LogP contribution in [0.1, 0.15) is 30.6 Å². The normalized spacial score (nSPS) is 14.7. The van der Waals surface area contributed by atoms with Crippen molar-refractivity contribution in [3.8, 4) is 0 Å². The molecule has 1 heterocycles. The summed E-state index contributed by atoms with van der Waals surface area (Å²) >= 11 is 6.57. The first-order valence-electron chi connectivity index (χ1n) is 4.64. The standard InChI is InChI=1S/C10H13Br2NO2/c1-3-10(2,6-11)13-9(14)7-4-5-15-8(7)12/h4-5H,3,6H2,1-2H3,(H,13,14). The number of hydrogen-bond donors (Lipinski definition) is 1. The molecule has 1 rings (SSSR count). The second-order valence-corrected chi connectivity index (χ2v) is 4.89. The maximum absolute atomic E-state index is 11.8. The van der Waals surface area contributed by atoms with Crippen molar-refractivity contribution in [3.05, 3.63) is 22.6 Å². The van der Waals surface area contributed by atoms with Crippen LogP contribution in [0.5, 0.6) is 0 Å². The number of rotatable bonds is 4. The zero-order valence-electron chi connectivity index (χ0n) is 8.64. The van der Waals surface area contributed by atoms with Crippen LogP contribution in [-0.4, -0.2) is 16.8 Å². The summed E-state index contributed by atoms with van der Waals surface area (Å²) in [5.41, 5.74) is 0.295. The molecular weight excluding hydrogens is 326 g/mol. The summed E-state index contributed by atoms with van der Waals surface area (Å²) in [6, 6.07) is 1.64. The molecule has 0 aliphatic heterocycles. The van der Waals surface area contributed by atoms with Gasteiger partial charge in [-0.25, -0.2) is 0 Å². The molecule has 0 aromatic carbocycles. The van der Waals surface area contributed by atoms with Crippen molar-refractivity contribution in [1.29, 1.82) is 0 Å². The van der Waals surface area contributed by atoms with Gasteiger partial charge in [0.05, 0.1) is 11.8 Å². The van der Waals surface area contributed by atoms with Crippen LogP contribution < -0.4 is 5.32 Å². The molecule has 0 aliphatic rings. The van der Waals surface area contributed by atoms with E-state index in [-0.39, 0.29) is 11.4 Å². The number of nitrogens with one attached hydrogen (secondary N) is 1. The van der Waals surface area contributed by atoms with Crippen LogP contribution in [0.3, 0.4) is 0 Å². The minimum absolute atomic E-state index is 0.126. The number of alkyl halides is 1. The van der Waals surface area contributed by atoms with Gasteiger partial charge in [0.25, 0.3) is 5.91 Å². The van der Waals surface area contributed by atoms with Crippen molar-refractivity contribution >= 4 is 37.8 Å². The van der Waals surface area contributed by atoms with E-state index in [1.807, 2.05) is 13.8 Å². The Morgan fingerprint density at radius 1 is 1.67 bits per heavy atom. The van der Waals surface area contributed by atoms with Gasteiger partial charge in [0.1, 0.15) is 0 Å². The fourth-order valence-corrected chi connectivity index (χ4v) is 1.97. The summed E-state index contributed by atoms with van der Waals surface area (Å²) in [4.78, 5) is 11.8. The van der Waals surface area contributed by atoms with Gasteiger partial charge in [0.2, 0.25) is 0 Å². The smallest absolute Gasteiger partial charge is 0.256 e. The van der Waals surface area contributed by atoms with Crippen molar-refractivity contribution in [3.63, 3.8) is 0 Å². The molecular formula is C10H13Br2NO2. The lowest BCUT2D eigenvalue weighted by Crippen LogP contribution is -2.46. The van der Waals surface area contributed by atoms with E-state index in [9.17, 15) is 4.79 Å². The average Bonchev–Trinajstić information content (AvgIpc) is 2.64. The molecule has 0 radical (unpaired) electrons. The highest BCUT2D eigenvalue weighted by atomic mass is 79.9. The average molecular weight is 339 g/mol. The molecule has 0 saturated heterocycles. The second kappa shape index (κ2) is 5.16. The first-order chi connectivity index (χ1) is 7.02. The maximum Gasteiger partial charge on any atom is 0.256 e. The van der Waals surface area contributed by atoms with E-state index in [0.717, 1.165) is 11.8 Å². The third kappa shape index (κ3) is 3.08. The van der Waals surface area contributed by atoms with Crippen LogP contribution in [0.25, 0.3) is 0 Å². The molecule has 1 amide bonds. The van der Waals surface area contributed by atoms with Crippen LogP contribution in [0.4, 0.5) is 0 Å². The summed E-state index contributed by atoms with van der Waals surface area (Å²) in [5, 5.41) is 3.68. The number of halogens is 2. The number of carbonyl (C=O) groups excluding carboxylic acids is 1. The van der Waals surface area contributed by atoms with Crippen molar-refractivity contribution < 1.29 is 9.21 Å². The maximum atomic E-state index is 11.8.